The van der Waals surface area contributed by atoms with Crippen molar-refractivity contribution in [1.82, 2.24) is 0 Å². The number of aliphatic hydroxyl groups excluding tert-OH is 1. The fraction of sp³-hybridized carbons (Fsp3) is 0.500. The number of hydrogen-bond donors (Lipinski definition) is 1. The molecule has 2 unspecified atom stereocenters. The highest BCUT2D eigenvalue weighted by Gasteiger charge is 2.18. The molecule has 0 amide bonds. The summed E-state index contributed by atoms with van der Waals surface area (Å²) in [5, 5.41) is 18.5. The summed E-state index contributed by atoms with van der Waals surface area (Å²) < 4.78 is 13.8. The van der Waals surface area contributed by atoms with Crippen LogP contribution in [0.2, 0.25) is 0 Å². The molecule has 0 aromatic heterocycles. The van der Waals surface area contributed by atoms with E-state index in [0.29, 0.717) is 24.3 Å². The lowest BCUT2D eigenvalue weighted by molar-refractivity contribution is 0.194. The molecule has 98 valence electrons. The summed E-state index contributed by atoms with van der Waals surface area (Å²) in [6.07, 6.45) is -0.868. The molecule has 0 fully saturated rings. The van der Waals surface area contributed by atoms with Crippen molar-refractivity contribution in [2.45, 2.75) is 26.9 Å². The number of aliphatic hydroxyl groups is 1. The summed E-state index contributed by atoms with van der Waals surface area (Å²) in [5.41, 5.74) is 0.957. The van der Waals surface area contributed by atoms with Crippen LogP contribution in [0, 0.1) is 23.1 Å². The van der Waals surface area contributed by atoms with Crippen LogP contribution >= 0.6 is 0 Å². The smallest absolute Gasteiger partial charge is 0.131 e. The van der Waals surface area contributed by atoms with Crippen molar-refractivity contribution in [2.75, 3.05) is 18.0 Å². The van der Waals surface area contributed by atoms with Gasteiger partial charge in [0, 0.05) is 24.3 Å². The number of halogens is 1. The van der Waals surface area contributed by atoms with Gasteiger partial charge in [-0.3, -0.25) is 0 Å². The van der Waals surface area contributed by atoms with Crippen LogP contribution in [0.5, 0.6) is 0 Å². The van der Waals surface area contributed by atoms with Crippen LogP contribution in [0.25, 0.3) is 0 Å². The van der Waals surface area contributed by atoms with E-state index >= 15 is 0 Å². The number of hydrogen-bond acceptors (Lipinski definition) is 3. The molecule has 0 aliphatic rings. The van der Waals surface area contributed by atoms with Gasteiger partial charge in [-0.05, 0) is 32.9 Å². The average Bonchev–Trinajstić information content (AvgIpc) is 2.34. The maximum absolute atomic E-state index is 13.8. The molecular formula is C14H19FN2O. The number of nitrogens with zero attached hydrogens (tertiary/aromatic N) is 2. The lowest BCUT2D eigenvalue weighted by Crippen LogP contribution is -2.29. The van der Waals surface area contributed by atoms with E-state index in [1.54, 1.807) is 19.1 Å². The van der Waals surface area contributed by atoms with E-state index in [4.69, 9.17) is 5.26 Å². The third-order valence-corrected chi connectivity index (χ3v) is 2.88. The predicted molar refractivity (Wildman–Crippen MR) is 69.7 cm³/mol. The summed E-state index contributed by atoms with van der Waals surface area (Å²) in [6.45, 7) is 6.50. The molecule has 18 heavy (non-hydrogen) atoms. The highest BCUT2D eigenvalue weighted by atomic mass is 19.1. The van der Waals surface area contributed by atoms with Gasteiger partial charge in [-0.1, -0.05) is 6.07 Å². The number of benzene rings is 1. The van der Waals surface area contributed by atoms with E-state index in [2.05, 4.69) is 6.07 Å². The highest BCUT2D eigenvalue weighted by molar-refractivity contribution is 5.55. The molecule has 1 aromatic rings. The molecule has 0 saturated carbocycles. The lowest BCUT2D eigenvalue weighted by atomic mass is 10.1. The van der Waals surface area contributed by atoms with Gasteiger partial charge in [0.15, 0.2) is 0 Å². The zero-order valence-electron chi connectivity index (χ0n) is 11.0. The Kier molecular flexibility index (Phi) is 5.11. The second-order valence-corrected chi connectivity index (χ2v) is 4.42. The molecular weight excluding hydrogens is 231 g/mol. The van der Waals surface area contributed by atoms with Crippen molar-refractivity contribution in [2.24, 2.45) is 5.92 Å². The van der Waals surface area contributed by atoms with Gasteiger partial charge in [-0.2, -0.15) is 5.26 Å². The van der Waals surface area contributed by atoms with Crippen LogP contribution in [-0.2, 0) is 0 Å². The van der Waals surface area contributed by atoms with Crippen LogP contribution in [0.3, 0.4) is 0 Å². The Morgan fingerprint density at radius 2 is 2.11 bits per heavy atom. The van der Waals surface area contributed by atoms with Crippen LogP contribution in [0.1, 0.15) is 32.4 Å². The molecule has 0 aliphatic heterocycles. The Hall–Kier alpha value is -1.60. The van der Waals surface area contributed by atoms with E-state index in [0.717, 1.165) is 0 Å². The second kappa shape index (κ2) is 6.36. The number of rotatable bonds is 5. The molecule has 1 rings (SSSR count). The largest absolute Gasteiger partial charge is 0.389 e. The van der Waals surface area contributed by atoms with Gasteiger partial charge in [0.2, 0.25) is 0 Å². The first-order valence-corrected chi connectivity index (χ1v) is 6.12. The SMILES string of the molecule is CCN(CC(C)C#N)c1cccc(F)c1C(C)O. The zero-order valence-corrected chi connectivity index (χ0v) is 11.0. The summed E-state index contributed by atoms with van der Waals surface area (Å²) >= 11 is 0. The molecule has 0 radical (unpaired) electrons. The molecule has 2 atom stereocenters. The molecule has 0 bridgehead atoms. The molecule has 0 spiro atoms. The van der Waals surface area contributed by atoms with E-state index in [1.807, 2.05) is 18.7 Å². The fourth-order valence-corrected chi connectivity index (χ4v) is 1.98. The zero-order chi connectivity index (χ0) is 13.7. The van der Waals surface area contributed by atoms with Crippen LogP contribution in [0.4, 0.5) is 10.1 Å². The minimum Gasteiger partial charge on any atom is -0.389 e. The third kappa shape index (κ3) is 3.21. The summed E-state index contributed by atoms with van der Waals surface area (Å²) in [4.78, 5) is 1.92. The van der Waals surface area contributed by atoms with Crippen molar-refractivity contribution in [3.63, 3.8) is 0 Å². The first kappa shape index (κ1) is 14.5. The van der Waals surface area contributed by atoms with Crippen molar-refractivity contribution in [3.05, 3.63) is 29.6 Å². The number of anilines is 1. The van der Waals surface area contributed by atoms with Gasteiger partial charge in [-0.15, -0.1) is 0 Å². The monoisotopic (exact) mass is 250 g/mol. The molecule has 3 nitrogen and oxygen atoms in total. The van der Waals surface area contributed by atoms with Gasteiger partial charge in [0.05, 0.1) is 18.1 Å². The topological polar surface area (TPSA) is 47.3 Å². The summed E-state index contributed by atoms with van der Waals surface area (Å²) in [5.74, 6) is -0.555. The van der Waals surface area contributed by atoms with Gasteiger partial charge in [0.25, 0.3) is 0 Å². The molecule has 1 N–H and O–H groups in total. The van der Waals surface area contributed by atoms with E-state index in [-0.39, 0.29) is 5.92 Å². The van der Waals surface area contributed by atoms with Gasteiger partial charge in [0.1, 0.15) is 5.82 Å². The molecule has 0 heterocycles. The van der Waals surface area contributed by atoms with Gasteiger partial charge < -0.3 is 10.0 Å². The Bertz CT molecular complexity index is 440. The number of nitriles is 1. The first-order chi connectivity index (χ1) is 8.51. The molecule has 1 aromatic carbocycles. The maximum Gasteiger partial charge on any atom is 0.131 e. The van der Waals surface area contributed by atoms with Crippen molar-refractivity contribution >= 4 is 5.69 Å². The molecule has 0 aliphatic carbocycles. The predicted octanol–water partition coefficient (Wildman–Crippen LogP) is 2.86. The molecule has 0 saturated heterocycles. The van der Waals surface area contributed by atoms with Crippen molar-refractivity contribution < 1.29 is 9.50 Å². The van der Waals surface area contributed by atoms with E-state index in [1.165, 1.54) is 6.07 Å². The Balaban J connectivity index is 3.13. The summed E-state index contributed by atoms with van der Waals surface area (Å²) in [6, 6.07) is 6.90. The normalized spacial score (nSPS) is 13.8. The summed E-state index contributed by atoms with van der Waals surface area (Å²) in [7, 11) is 0. The third-order valence-electron chi connectivity index (χ3n) is 2.88. The van der Waals surface area contributed by atoms with Crippen LogP contribution in [-0.4, -0.2) is 18.2 Å². The Labute approximate surface area is 107 Å². The molecule has 4 heteroatoms. The van der Waals surface area contributed by atoms with Crippen molar-refractivity contribution in [3.8, 4) is 6.07 Å². The average molecular weight is 250 g/mol. The quantitative estimate of drug-likeness (QED) is 0.874. The lowest BCUT2D eigenvalue weighted by Gasteiger charge is -2.27. The second-order valence-electron chi connectivity index (χ2n) is 4.42. The minimum atomic E-state index is -0.868. The Morgan fingerprint density at radius 1 is 1.44 bits per heavy atom. The van der Waals surface area contributed by atoms with Crippen molar-refractivity contribution in [1.29, 1.82) is 5.26 Å². The first-order valence-electron chi connectivity index (χ1n) is 6.12. The highest BCUT2D eigenvalue weighted by Crippen LogP contribution is 2.29. The minimum absolute atomic E-state index is 0.143. The Morgan fingerprint density at radius 3 is 2.61 bits per heavy atom. The maximum atomic E-state index is 13.8. The standard InChI is InChI=1S/C14H19FN2O/c1-4-17(9-10(2)8-16)13-7-5-6-12(15)14(13)11(3)18/h5-7,10-11,18H,4,9H2,1-3H3. The van der Waals surface area contributed by atoms with Crippen LogP contribution in [0.15, 0.2) is 18.2 Å². The fourth-order valence-electron chi connectivity index (χ4n) is 1.98. The van der Waals surface area contributed by atoms with E-state index < -0.39 is 11.9 Å². The van der Waals surface area contributed by atoms with E-state index in [9.17, 15) is 9.50 Å². The van der Waals surface area contributed by atoms with Gasteiger partial charge in [-0.25, -0.2) is 4.39 Å². The van der Waals surface area contributed by atoms with Gasteiger partial charge >= 0.3 is 0 Å². The van der Waals surface area contributed by atoms with Crippen LogP contribution < -0.4 is 4.90 Å².